The number of alkyl halides is 1. The first-order chi connectivity index (χ1) is 9.67. The second-order valence-electron chi connectivity index (χ2n) is 5.11. The number of aromatic nitrogens is 2. The Morgan fingerprint density at radius 3 is 2.80 bits per heavy atom. The van der Waals surface area contributed by atoms with E-state index in [9.17, 15) is 0 Å². The summed E-state index contributed by atoms with van der Waals surface area (Å²) >= 11 is 6.25. The van der Waals surface area contributed by atoms with Gasteiger partial charge in [0.25, 0.3) is 0 Å². The number of halogens is 1. The number of benzene rings is 1. The molecule has 2 rings (SSSR count). The summed E-state index contributed by atoms with van der Waals surface area (Å²) in [4.78, 5) is 4.61. The van der Waals surface area contributed by atoms with E-state index < -0.39 is 0 Å². The quantitative estimate of drug-likeness (QED) is 0.567. The molecule has 3 nitrogen and oxygen atoms in total. The standard InChI is InChI=1S/C16H20ClN3/c1-3-4-5-6-9-20-15-10-13(11-18)7-8-14(15)19-16(20)12(2)17/h7-8,10,12H,3-6,9H2,1-2H3. The van der Waals surface area contributed by atoms with E-state index in [0.29, 0.717) is 5.56 Å². The summed E-state index contributed by atoms with van der Waals surface area (Å²) in [5.74, 6) is 0.897. The van der Waals surface area contributed by atoms with Gasteiger partial charge in [0.05, 0.1) is 28.0 Å². The average Bonchev–Trinajstić information content (AvgIpc) is 2.81. The van der Waals surface area contributed by atoms with Crippen LogP contribution in [-0.2, 0) is 6.54 Å². The van der Waals surface area contributed by atoms with E-state index in [1.165, 1.54) is 19.3 Å². The SMILES string of the molecule is CCCCCCn1c(C(C)Cl)nc2ccc(C#N)cc21. The highest BCUT2D eigenvalue weighted by molar-refractivity contribution is 6.20. The Morgan fingerprint density at radius 1 is 1.35 bits per heavy atom. The molecule has 2 aromatic rings. The maximum Gasteiger partial charge on any atom is 0.127 e. The van der Waals surface area contributed by atoms with Gasteiger partial charge in [-0.2, -0.15) is 5.26 Å². The van der Waals surface area contributed by atoms with Gasteiger partial charge < -0.3 is 4.57 Å². The summed E-state index contributed by atoms with van der Waals surface area (Å²) < 4.78 is 2.17. The lowest BCUT2D eigenvalue weighted by Gasteiger charge is -2.10. The monoisotopic (exact) mass is 289 g/mol. The molecule has 1 unspecified atom stereocenters. The zero-order valence-corrected chi connectivity index (χ0v) is 12.8. The van der Waals surface area contributed by atoms with Gasteiger partial charge in [0.2, 0.25) is 0 Å². The van der Waals surface area contributed by atoms with Crippen molar-refractivity contribution in [3.63, 3.8) is 0 Å². The number of aryl methyl sites for hydroxylation is 1. The molecule has 106 valence electrons. The van der Waals surface area contributed by atoms with Crippen LogP contribution in [0.25, 0.3) is 11.0 Å². The fraction of sp³-hybridized carbons (Fsp3) is 0.500. The number of nitriles is 1. The van der Waals surface area contributed by atoms with Crippen molar-refractivity contribution in [3.05, 3.63) is 29.6 Å². The number of nitrogens with zero attached hydrogens (tertiary/aromatic N) is 3. The van der Waals surface area contributed by atoms with Crippen molar-refractivity contribution in [2.24, 2.45) is 0 Å². The molecule has 0 saturated heterocycles. The first-order valence-electron chi connectivity index (χ1n) is 7.21. The van der Waals surface area contributed by atoms with Crippen LogP contribution in [0.4, 0.5) is 0 Å². The zero-order chi connectivity index (χ0) is 14.5. The number of imidazole rings is 1. The molecule has 0 fully saturated rings. The molecular weight excluding hydrogens is 270 g/mol. The summed E-state index contributed by atoms with van der Waals surface area (Å²) in [5.41, 5.74) is 2.60. The molecule has 20 heavy (non-hydrogen) atoms. The predicted molar refractivity (Wildman–Crippen MR) is 82.9 cm³/mol. The summed E-state index contributed by atoms with van der Waals surface area (Å²) in [7, 11) is 0. The van der Waals surface area contributed by atoms with Crippen molar-refractivity contribution < 1.29 is 0 Å². The number of hydrogen-bond donors (Lipinski definition) is 0. The first kappa shape index (κ1) is 14.9. The minimum atomic E-state index is -0.126. The van der Waals surface area contributed by atoms with Gasteiger partial charge in [-0.1, -0.05) is 26.2 Å². The molecule has 1 aromatic heterocycles. The highest BCUT2D eigenvalue weighted by Gasteiger charge is 2.14. The van der Waals surface area contributed by atoms with Crippen molar-refractivity contribution in [2.45, 2.75) is 51.5 Å². The van der Waals surface area contributed by atoms with Crippen molar-refractivity contribution in [1.29, 1.82) is 5.26 Å². The van der Waals surface area contributed by atoms with Crippen LogP contribution in [0, 0.1) is 11.3 Å². The Labute approximate surface area is 125 Å². The van der Waals surface area contributed by atoms with Gasteiger partial charge in [0.15, 0.2) is 0 Å². The lowest BCUT2D eigenvalue weighted by atomic mass is 10.2. The van der Waals surface area contributed by atoms with Gasteiger partial charge in [-0.15, -0.1) is 11.6 Å². The third kappa shape index (κ3) is 3.13. The van der Waals surface area contributed by atoms with E-state index in [1.54, 1.807) is 6.07 Å². The normalized spacial score (nSPS) is 12.5. The molecule has 0 aliphatic carbocycles. The van der Waals surface area contributed by atoms with Crippen molar-refractivity contribution in [1.82, 2.24) is 9.55 Å². The predicted octanol–water partition coefficient (Wildman–Crippen LogP) is 4.79. The van der Waals surface area contributed by atoms with Gasteiger partial charge in [-0.3, -0.25) is 0 Å². The van der Waals surface area contributed by atoms with Crippen LogP contribution in [-0.4, -0.2) is 9.55 Å². The van der Waals surface area contributed by atoms with Crippen LogP contribution in [0.1, 0.15) is 56.3 Å². The van der Waals surface area contributed by atoms with E-state index in [1.807, 2.05) is 19.1 Å². The molecule has 4 heteroatoms. The molecule has 0 bridgehead atoms. The van der Waals surface area contributed by atoms with Crippen LogP contribution < -0.4 is 0 Å². The second-order valence-corrected chi connectivity index (χ2v) is 5.77. The summed E-state index contributed by atoms with van der Waals surface area (Å²) in [6.45, 7) is 5.06. The van der Waals surface area contributed by atoms with Crippen LogP contribution in [0.3, 0.4) is 0 Å². The molecule has 1 aromatic carbocycles. The van der Waals surface area contributed by atoms with Crippen molar-refractivity contribution >= 4 is 22.6 Å². The first-order valence-corrected chi connectivity index (χ1v) is 7.65. The second kappa shape index (κ2) is 6.76. The van der Waals surface area contributed by atoms with Gasteiger partial charge in [-0.05, 0) is 31.5 Å². The maximum absolute atomic E-state index is 9.04. The molecular formula is C16H20ClN3. The molecule has 0 aliphatic rings. The summed E-state index contributed by atoms with van der Waals surface area (Å²) in [6.07, 6.45) is 4.81. The number of fused-ring (bicyclic) bond motifs is 1. The van der Waals surface area contributed by atoms with E-state index >= 15 is 0 Å². The molecule has 1 heterocycles. The topological polar surface area (TPSA) is 41.6 Å². The molecule has 0 spiro atoms. The molecule has 0 aliphatic heterocycles. The molecule has 0 amide bonds. The summed E-state index contributed by atoms with van der Waals surface area (Å²) in [5, 5.41) is 8.92. The number of hydrogen-bond acceptors (Lipinski definition) is 2. The van der Waals surface area contributed by atoms with E-state index in [2.05, 4.69) is 22.5 Å². The Balaban J connectivity index is 2.36. The molecule has 0 N–H and O–H groups in total. The Kier molecular flexibility index (Phi) is 5.03. The van der Waals surface area contributed by atoms with Crippen LogP contribution >= 0.6 is 11.6 Å². The lowest BCUT2D eigenvalue weighted by molar-refractivity contribution is 0.574. The third-order valence-corrected chi connectivity index (χ3v) is 3.69. The summed E-state index contributed by atoms with van der Waals surface area (Å²) in [6, 6.07) is 7.80. The highest BCUT2D eigenvalue weighted by atomic mass is 35.5. The smallest absolute Gasteiger partial charge is 0.127 e. The maximum atomic E-state index is 9.04. The molecule has 0 radical (unpaired) electrons. The highest BCUT2D eigenvalue weighted by Crippen LogP contribution is 2.26. The third-order valence-electron chi connectivity index (χ3n) is 3.50. The van der Waals surface area contributed by atoms with Gasteiger partial charge in [0.1, 0.15) is 5.82 Å². The number of unbranched alkanes of at least 4 members (excludes halogenated alkanes) is 3. The Morgan fingerprint density at radius 2 is 2.15 bits per heavy atom. The van der Waals surface area contributed by atoms with Crippen LogP contribution in [0.15, 0.2) is 18.2 Å². The van der Waals surface area contributed by atoms with Gasteiger partial charge in [0, 0.05) is 6.54 Å². The largest absolute Gasteiger partial charge is 0.327 e. The Hall–Kier alpha value is -1.53. The van der Waals surface area contributed by atoms with Crippen molar-refractivity contribution in [3.8, 4) is 6.07 Å². The zero-order valence-electron chi connectivity index (χ0n) is 12.1. The fourth-order valence-corrected chi connectivity index (χ4v) is 2.61. The van der Waals surface area contributed by atoms with Crippen molar-refractivity contribution in [2.75, 3.05) is 0 Å². The van der Waals surface area contributed by atoms with Gasteiger partial charge >= 0.3 is 0 Å². The van der Waals surface area contributed by atoms with Crippen LogP contribution in [0.5, 0.6) is 0 Å². The fourth-order valence-electron chi connectivity index (χ4n) is 2.45. The lowest BCUT2D eigenvalue weighted by Crippen LogP contribution is -2.04. The van der Waals surface area contributed by atoms with E-state index in [0.717, 1.165) is 29.8 Å². The molecule has 0 saturated carbocycles. The Bertz CT molecular complexity index is 622. The van der Waals surface area contributed by atoms with Crippen LogP contribution in [0.2, 0.25) is 0 Å². The molecule has 1 atom stereocenters. The van der Waals surface area contributed by atoms with E-state index in [4.69, 9.17) is 16.9 Å². The van der Waals surface area contributed by atoms with E-state index in [-0.39, 0.29) is 5.38 Å². The van der Waals surface area contributed by atoms with Gasteiger partial charge in [-0.25, -0.2) is 4.98 Å². The average molecular weight is 290 g/mol. The minimum Gasteiger partial charge on any atom is -0.327 e. The minimum absolute atomic E-state index is 0.126. The number of rotatable bonds is 6.